The summed E-state index contributed by atoms with van der Waals surface area (Å²) in [5.74, 6) is -1.36. The summed E-state index contributed by atoms with van der Waals surface area (Å²) >= 11 is 0. The first-order valence-electron chi connectivity index (χ1n) is 8.09. The first kappa shape index (κ1) is 19.0. The van der Waals surface area contributed by atoms with E-state index in [1.54, 1.807) is 18.2 Å². The summed E-state index contributed by atoms with van der Waals surface area (Å²) in [6.45, 7) is 0. The molecule has 28 heavy (non-hydrogen) atoms. The fraction of sp³-hybridized carbons (Fsp3) is 0.105. The zero-order chi connectivity index (χ0) is 20.1. The Morgan fingerprint density at radius 3 is 2.46 bits per heavy atom. The van der Waals surface area contributed by atoms with Crippen molar-refractivity contribution in [2.75, 3.05) is 24.9 Å². The molecule has 0 atom stereocenters. The average Bonchev–Trinajstić information content (AvgIpc) is 2.71. The SMILES string of the molecule is COc1ccc(OC)c(NC(=O)c2ccnc(Nc3c(F)cccc3F)n2)c1. The molecule has 0 unspecified atom stereocenters. The number of nitrogens with zero attached hydrogens (tertiary/aromatic N) is 2. The second kappa shape index (κ2) is 8.30. The van der Waals surface area contributed by atoms with E-state index in [4.69, 9.17) is 9.47 Å². The lowest BCUT2D eigenvalue weighted by atomic mass is 10.2. The Bertz CT molecular complexity index is 994. The fourth-order valence-corrected chi connectivity index (χ4v) is 2.37. The molecule has 0 aliphatic rings. The third-order valence-electron chi connectivity index (χ3n) is 3.74. The highest BCUT2D eigenvalue weighted by Gasteiger charge is 2.15. The maximum atomic E-state index is 13.8. The molecular weight excluding hydrogens is 370 g/mol. The lowest BCUT2D eigenvalue weighted by molar-refractivity contribution is 0.102. The molecule has 3 aromatic rings. The zero-order valence-electron chi connectivity index (χ0n) is 15.0. The van der Waals surface area contributed by atoms with Crippen molar-refractivity contribution in [2.24, 2.45) is 0 Å². The maximum absolute atomic E-state index is 13.8. The molecule has 1 amide bonds. The summed E-state index contributed by atoms with van der Waals surface area (Å²) in [4.78, 5) is 20.4. The van der Waals surface area contributed by atoms with Crippen LogP contribution in [0, 0.1) is 11.6 Å². The molecule has 0 spiro atoms. The Hall–Kier alpha value is -3.75. The first-order chi connectivity index (χ1) is 13.5. The van der Waals surface area contributed by atoms with Crippen molar-refractivity contribution in [2.45, 2.75) is 0 Å². The van der Waals surface area contributed by atoms with Crippen LogP contribution in [0.5, 0.6) is 11.5 Å². The van der Waals surface area contributed by atoms with Gasteiger partial charge in [0.25, 0.3) is 5.91 Å². The van der Waals surface area contributed by atoms with Crippen molar-refractivity contribution >= 4 is 23.2 Å². The van der Waals surface area contributed by atoms with Crippen molar-refractivity contribution < 1.29 is 23.0 Å². The average molecular weight is 386 g/mol. The Labute approximate surface area is 159 Å². The van der Waals surface area contributed by atoms with Gasteiger partial charge in [-0.05, 0) is 30.3 Å². The third kappa shape index (κ3) is 4.14. The zero-order valence-corrected chi connectivity index (χ0v) is 15.0. The van der Waals surface area contributed by atoms with Gasteiger partial charge in [0.1, 0.15) is 34.5 Å². The predicted molar refractivity (Wildman–Crippen MR) is 99.2 cm³/mol. The van der Waals surface area contributed by atoms with Crippen molar-refractivity contribution in [1.82, 2.24) is 9.97 Å². The lowest BCUT2D eigenvalue weighted by Gasteiger charge is -2.12. The van der Waals surface area contributed by atoms with E-state index in [-0.39, 0.29) is 11.6 Å². The highest BCUT2D eigenvalue weighted by atomic mass is 19.1. The van der Waals surface area contributed by atoms with Gasteiger partial charge in [0.2, 0.25) is 5.95 Å². The van der Waals surface area contributed by atoms with Gasteiger partial charge in [0.15, 0.2) is 0 Å². The molecule has 0 bridgehead atoms. The van der Waals surface area contributed by atoms with Gasteiger partial charge < -0.3 is 20.1 Å². The van der Waals surface area contributed by atoms with Gasteiger partial charge in [-0.3, -0.25) is 4.79 Å². The number of carbonyl (C=O) groups excluding carboxylic acids is 1. The largest absolute Gasteiger partial charge is 0.497 e. The number of amides is 1. The molecule has 9 heteroatoms. The molecule has 7 nitrogen and oxygen atoms in total. The molecule has 2 aromatic carbocycles. The van der Waals surface area contributed by atoms with E-state index >= 15 is 0 Å². The molecule has 3 rings (SSSR count). The van der Waals surface area contributed by atoms with Crippen LogP contribution in [0.1, 0.15) is 10.5 Å². The molecule has 0 saturated heterocycles. The highest BCUT2D eigenvalue weighted by Crippen LogP contribution is 2.29. The minimum Gasteiger partial charge on any atom is -0.497 e. The standard InChI is InChI=1S/C19H16F2N4O3/c1-27-11-6-7-16(28-2)15(10-11)23-18(26)14-8-9-22-19(24-14)25-17-12(20)4-3-5-13(17)21/h3-10H,1-2H3,(H,23,26)(H,22,24,25). The summed E-state index contributed by atoms with van der Waals surface area (Å²) < 4.78 is 37.9. The topological polar surface area (TPSA) is 85.4 Å². The molecule has 0 radical (unpaired) electrons. The second-order valence-corrected chi connectivity index (χ2v) is 5.51. The maximum Gasteiger partial charge on any atom is 0.274 e. The van der Waals surface area contributed by atoms with Gasteiger partial charge in [0, 0.05) is 12.3 Å². The van der Waals surface area contributed by atoms with Crippen LogP contribution < -0.4 is 20.1 Å². The smallest absolute Gasteiger partial charge is 0.274 e. The molecule has 1 heterocycles. The molecule has 0 aliphatic heterocycles. The summed E-state index contributed by atoms with van der Waals surface area (Å²) in [5, 5.41) is 5.10. The van der Waals surface area contributed by atoms with E-state index in [0.29, 0.717) is 17.2 Å². The molecule has 0 saturated carbocycles. The molecule has 0 aliphatic carbocycles. The van der Waals surface area contributed by atoms with Crippen molar-refractivity contribution in [3.63, 3.8) is 0 Å². The van der Waals surface area contributed by atoms with E-state index in [0.717, 1.165) is 12.1 Å². The van der Waals surface area contributed by atoms with Crippen molar-refractivity contribution in [3.8, 4) is 11.5 Å². The number of aromatic nitrogens is 2. The van der Waals surface area contributed by atoms with Gasteiger partial charge in [-0.25, -0.2) is 18.7 Å². The number of nitrogens with one attached hydrogen (secondary N) is 2. The summed E-state index contributed by atoms with van der Waals surface area (Å²) in [6, 6.07) is 9.71. The van der Waals surface area contributed by atoms with Gasteiger partial charge in [-0.2, -0.15) is 0 Å². The molecule has 1 aromatic heterocycles. The number of anilines is 3. The van der Waals surface area contributed by atoms with Crippen LogP contribution in [0.4, 0.5) is 26.1 Å². The highest BCUT2D eigenvalue weighted by molar-refractivity contribution is 6.04. The molecular formula is C19H16F2N4O3. The number of para-hydroxylation sites is 1. The molecule has 2 N–H and O–H groups in total. The number of benzene rings is 2. The number of carbonyl (C=O) groups is 1. The van der Waals surface area contributed by atoms with Gasteiger partial charge in [-0.15, -0.1) is 0 Å². The fourth-order valence-electron chi connectivity index (χ4n) is 2.37. The van der Waals surface area contributed by atoms with Crippen LogP contribution in [-0.4, -0.2) is 30.1 Å². The summed E-state index contributed by atoms with van der Waals surface area (Å²) in [5.41, 5.74) is -0.0474. The Morgan fingerprint density at radius 2 is 1.79 bits per heavy atom. The molecule has 0 fully saturated rings. The number of rotatable bonds is 6. The quantitative estimate of drug-likeness (QED) is 0.671. The van der Waals surface area contributed by atoms with Crippen LogP contribution in [0.2, 0.25) is 0 Å². The van der Waals surface area contributed by atoms with Gasteiger partial charge in [-0.1, -0.05) is 6.07 Å². The van der Waals surface area contributed by atoms with Crippen molar-refractivity contribution in [1.29, 1.82) is 0 Å². The number of hydrogen-bond acceptors (Lipinski definition) is 6. The summed E-state index contributed by atoms with van der Waals surface area (Å²) in [6.07, 6.45) is 1.30. The number of halogens is 2. The first-order valence-corrected chi connectivity index (χ1v) is 8.09. The van der Waals surface area contributed by atoms with Crippen molar-refractivity contribution in [3.05, 3.63) is 66.0 Å². The Morgan fingerprint density at radius 1 is 1.04 bits per heavy atom. The minimum absolute atomic E-state index is 0.0147. The van der Waals surface area contributed by atoms with E-state index in [9.17, 15) is 13.6 Å². The second-order valence-electron chi connectivity index (χ2n) is 5.51. The van der Waals surface area contributed by atoms with E-state index in [1.165, 1.54) is 32.5 Å². The third-order valence-corrected chi connectivity index (χ3v) is 3.74. The Balaban J connectivity index is 1.83. The normalized spacial score (nSPS) is 10.3. The predicted octanol–water partition coefficient (Wildman–Crippen LogP) is 3.77. The number of ether oxygens (including phenoxy) is 2. The summed E-state index contributed by atoms with van der Waals surface area (Å²) in [7, 11) is 2.96. The lowest BCUT2D eigenvalue weighted by Crippen LogP contribution is -2.15. The monoisotopic (exact) mass is 386 g/mol. The van der Waals surface area contributed by atoms with E-state index in [2.05, 4.69) is 20.6 Å². The number of methoxy groups -OCH3 is 2. The van der Waals surface area contributed by atoms with Crippen LogP contribution in [-0.2, 0) is 0 Å². The van der Waals surface area contributed by atoms with E-state index in [1.807, 2.05) is 0 Å². The number of hydrogen-bond donors (Lipinski definition) is 2. The minimum atomic E-state index is -0.806. The van der Waals surface area contributed by atoms with Crippen LogP contribution in [0.3, 0.4) is 0 Å². The van der Waals surface area contributed by atoms with Crippen LogP contribution in [0.15, 0.2) is 48.7 Å². The van der Waals surface area contributed by atoms with Crippen LogP contribution in [0.25, 0.3) is 0 Å². The Kier molecular flexibility index (Phi) is 5.64. The van der Waals surface area contributed by atoms with Gasteiger partial charge >= 0.3 is 0 Å². The molecule has 144 valence electrons. The van der Waals surface area contributed by atoms with E-state index < -0.39 is 23.2 Å². The van der Waals surface area contributed by atoms with Crippen LogP contribution >= 0.6 is 0 Å². The van der Waals surface area contributed by atoms with Gasteiger partial charge in [0.05, 0.1) is 19.9 Å².